The lowest BCUT2D eigenvalue weighted by atomic mass is 9.97. The number of rotatable bonds is 4. The van der Waals surface area contributed by atoms with E-state index in [0.29, 0.717) is 24.5 Å². The molecule has 5 nitrogen and oxygen atoms in total. The number of hydrogen-bond donors (Lipinski definition) is 0. The standard InChI is InChI=1S/C19H19N3O2/c1-3-24-18-10-17(21-12-15(18)11-20)13(2)22-9-8-14-6-4-5-7-16(14)19(22)23/h4-7,10,12-13H,3,8-9H2,1-2H3. The highest BCUT2D eigenvalue weighted by atomic mass is 16.5. The number of pyridine rings is 1. The number of carbonyl (C=O) groups excluding carboxylic acids is 1. The monoisotopic (exact) mass is 321 g/mol. The molecule has 1 atom stereocenters. The van der Waals surface area contributed by atoms with Crippen LogP contribution >= 0.6 is 0 Å². The van der Waals surface area contributed by atoms with Crippen LogP contribution in [0.4, 0.5) is 0 Å². The number of benzene rings is 1. The summed E-state index contributed by atoms with van der Waals surface area (Å²) in [6.07, 6.45) is 2.35. The van der Waals surface area contributed by atoms with E-state index in [-0.39, 0.29) is 11.9 Å². The second-order valence-corrected chi connectivity index (χ2v) is 5.73. The van der Waals surface area contributed by atoms with Crippen LogP contribution in [0.1, 0.15) is 47.1 Å². The molecule has 122 valence electrons. The van der Waals surface area contributed by atoms with Crippen molar-refractivity contribution in [1.29, 1.82) is 5.26 Å². The minimum atomic E-state index is -0.183. The van der Waals surface area contributed by atoms with Crippen LogP contribution in [0, 0.1) is 11.3 Å². The summed E-state index contributed by atoms with van der Waals surface area (Å²) in [5.74, 6) is 0.537. The van der Waals surface area contributed by atoms with Crippen LogP contribution < -0.4 is 4.74 Å². The van der Waals surface area contributed by atoms with Gasteiger partial charge in [-0.3, -0.25) is 9.78 Å². The van der Waals surface area contributed by atoms with Crippen LogP contribution in [0.5, 0.6) is 5.75 Å². The van der Waals surface area contributed by atoms with Crippen LogP contribution in [0.2, 0.25) is 0 Å². The molecule has 0 radical (unpaired) electrons. The highest BCUT2D eigenvalue weighted by Gasteiger charge is 2.29. The van der Waals surface area contributed by atoms with Crippen molar-refractivity contribution in [3.63, 3.8) is 0 Å². The van der Waals surface area contributed by atoms with Gasteiger partial charge < -0.3 is 9.64 Å². The molecular weight excluding hydrogens is 302 g/mol. The number of amides is 1. The fraction of sp³-hybridized carbons (Fsp3) is 0.316. The maximum Gasteiger partial charge on any atom is 0.254 e. The molecule has 24 heavy (non-hydrogen) atoms. The zero-order valence-corrected chi connectivity index (χ0v) is 13.8. The Morgan fingerprint density at radius 2 is 2.21 bits per heavy atom. The van der Waals surface area contributed by atoms with E-state index < -0.39 is 0 Å². The molecule has 1 aromatic carbocycles. The van der Waals surface area contributed by atoms with Crippen molar-refractivity contribution in [1.82, 2.24) is 9.88 Å². The smallest absolute Gasteiger partial charge is 0.254 e. The van der Waals surface area contributed by atoms with E-state index in [1.807, 2.05) is 43.0 Å². The van der Waals surface area contributed by atoms with Crippen molar-refractivity contribution in [3.05, 3.63) is 58.9 Å². The summed E-state index contributed by atoms with van der Waals surface area (Å²) in [5.41, 5.74) is 2.98. The molecule has 0 saturated carbocycles. The summed E-state index contributed by atoms with van der Waals surface area (Å²) in [6.45, 7) is 4.96. The van der Waals surface area contributed by atoms with E-state index in [1.54, 1.807) is 6.07 Å². The van der Waals surface area contributed by atoms with Crippen molar-refractivity contribution in [2.24, 2.45) is 0 Å². The van der Waals surface area contributed by atoms with Gasteiger partial charge in [0.25, 0.3) is 5.91 Å². The summed E-state index contributed by atoms with van der Waals surface area (Å²) in [4.78, 5) is 19.0. The Morgan fingerprint density at radius 1 is 1.42 bits per heavy atom. The Hall–Kier alpha value is -2.87. The van der Waals surface area contributed by atoms with Crippen LogP contribution in [0.15, 0.2) is 36.5 Å². The quantitative estimate of drug-likeness (QED) is 0.868. The SMILES string of the molecule is CCOc1cc(C(C)N2CCc3ccccc3C2=O)ncc1C#N. The van der Waals surface area contributed by atoms with Crippen LogP contribution in [-0.4, -0.2) is 28.9 Å². The fourth-order valence-corrected chi connectivity index (χ4v) is 3.01. The summed E-state index contributed by atoms with van der Waals surface area (Å²) >= 11 is 0. The van der Waals surface area contributed by atoms with Crippen molar-refractivity contribution < 1.29 is 9.53 Å². The maximum absolute atomic E-state index is 12.8. The highest BCUT2D eigenvalue weighted by Crippen LogP contribution is 2.29. The number of hydrogen-bond acceptors (Lipinski definition) is 4. The van der Waals surface area contributed by atoms with Gasteiger partial charge in [-0.1, -0.05) is 18.2 Å². The lowest BCUT2D eigenvalue weighted by molar-refractivity contribution is 0.0669. The molecule has 3 rings (SSSR count). The Morgan fingerprint density at radius 3 is 2.96 bits per heavy atom. The zero-order valence-electron chi connectivity index (χ0n) is 13.8. The Balaban J connectivity index is 1.90. The van der Waals surface area contributed by atoms with E-state index in [0.717, 1.165) is 23.2 Å². The van der Waals surface area contributed by atoms with Gasteiger partial charge in [0.1, 0.15) is 17.4 Å². The first-order valence-electron chi connectivity index (χ1n) is 8.07. The summed E-state index contributed by atoms with van der Waals surface area (Å²) in [6, 6.07) is 11.4. The van der Waals surface area contributed by atoms with Crippen LogP contribution in [0.25, 0.3) is 0 Å². The number of fused-ring (bicyclic) bond motifs is 1. The van der Waals surface area contributed by atoms with Crippen molar-refractivity contribution in [2.75, 3.05) is 13.2 Å². The van der Waals surface area contributed by atoms with Crippen molar-refractivity contribution in [2.45, 2.75) is 26.3 Å². The van der Waals surface area contributed by atoms with Gasteiger partial charge >= 0.3 is 0 Å². The first kappa shape index (κ1) is 16.0. The zero-order chi connectivity index (χ0) is 17.1. The Kier molecular flexibility index (Phi) is 4.48. The second kappa shape index (κ2) is 6.71. The average molecular weight is 321 g/mol. The van der Waals surface area contributed by atoms with E-state index >= 15 is 0 Å². The van der Waals surface area contributed by atoms with Gasteiger partial charge in [0, 0.05) is 24.4 Å². The number of ether oxygens (including phenoxy) is 1. The number of aromatic nitrogens is 1. The normalized spacial score (nSPS) is 14.7. The van der Waals surface area contributed by atoms with E-state index in [9.17, 15) is 4.79 Å². The number of carbonyl (C=O) groups is 1. The van der Waals surface area contributed by atoms with Crippen LogP contribution in [-0.2, 0) is 6.42 Å². The molecule has 0 aliphatic carbocycles. The Bertz CT molecular complexity index is 810. The minimum absolute atomic E-state index is 0.0217. The minimum Gasteiger partial charge on any atom is -0.492 e. The second-order valence-electron chi connectivity index (χ2n) is 5.73. The molecule has 2 aromatic rings. The predicted octanol–water partition coefficient (Wildman–Crippen LogP) is 3.11. The molecule has 0 saturated heterocycles. The fourth-order valence-electron chi connectivity index (χ4n) is 3.01. The van der Waals surface area contributed by atoms with Crippen LogP contribution in [0.3, 0.4) is 0 Å². The first-order chi connectivity index (χ1) is 11.7. The molecule has 0 fully saturated rings. The lowest BCUT2D eigenvalue weighted by Crippen LogP contribution is -2.39. The summed E-state index contributed by atoms with van der Waals surface area (Å²) in [5, 5.41) is 9.14. The third kappa shape index (κ3) is 2.83. The predicted molar refractivity (Wildman–Crippen MR) is 89.7 cm³/mol. The summed E-state index contributed by atoms with van der Waals surface area (Å²) < 4.78 is 5.52. The van der Waals surface area contributed by atoms with Gasteiger partial charge in [-0.15, -0.1) is 0 Å². The largest absolute Gasteiger partial charge is 0.492 e. The molecule has 0 N–H and O–H groups in total. The third-order valence-corrected chi connectivity index (χ3v) is 4.33. The molecule has 1 aliphatic rings. The molecule has 0 bridgehead atoms. The van der Waals surface area contributed by atoms with E-state index in [2.05, 4.69) is 11.1 Å². The van der Waals surface area contributed by atoms with Gasteiger partial charge in [-0.2, -0.15) is 5.26 Å². The number of nitriles is 1. The van der Waals surface area contributed by atoms with E-state index in [4.69, 9.17) is 10.00 Å². The van der Waals surface area contributed by atoms with Gasteiger partial charge in [0.2, 0.25) is 0 Å². The maximum atomic E-state index is 12.8. The molecule has 2 heterocycles. The van der Waals surface area contributed by atoms with Gasteiger partial charge in [0.05, 0.1) is 18.3 Å². The third-order valence-electron chi connectivity index (χ3n) is 4.33. The highest BCUT2D eigenvalue weighted by molar-refractivity contribution is 5.97. The molecule has 1 aliphatic heterocycles. The molecule has 1 amide bonds. The van der Waals surface area contributed by atoms with Crippen molar-refractivity contribution in [3.8, 4) is 11.8 Å². The molecular formula is C19H19N3O2. The van der Waals surface area contributed by atoms with Gasteiger partial charge in [-0.25, -0.2) is 0 Å². The molecule has 1 unspecified atom stereocenters. The average Bonchev–Trinajstić information content (AvgIpc) is 2.62. The topological polar surface area (TPSA) is 66.2 Å². The molecule has 0 spiro atoms. The number of nitrogens with zero attached hydrogens (tertiary/aromatic N) is 3. The van der Waals surface area contributed by atoms with Gasteiger partial charge in [0.15, 0.2) is 0 Å². The van der Waals surface area contributed by atoms with Crippen molar-refractivity contribution >= 4 is 5.91 Å². The van der Waals surface area contributed by atoms with E-state index in [1.165, 1.54) is 6.20 Å². The first-order valence-corrected chi connectivity index (χ1v) is 8.07. The molecule has 1 aromatic heterocycles. The lowest BCUT2D eigenvalue weighted by Gasteiger charge is -2.33. The Labute approximate surface area is 141 Å². The summed E-state index contributed by atoms with van der Waals surface area (Å²) in [7, 11) is 0. The molecule has 5 heteroatoms. The van der Waals surface area contributed by atoms with Gasteiger partial charge in [-0.05, 0) is 31.9 Å².